The molecule has 5 N–H and O–H groups in total. The van der Waals surface area contributed by atoms with Gasteiger partial charge in [-0.3, -0.25) is 15.0 Å². The largest absolute Gasteiger partial charge is 0.481 e. The van der Waals surface area contributed by atoms with Gasteiger partial charge in [0.2, 0.25) is 5.91 Å². The Morgan fingerprint density at radius 1 is 1.12 bits per heavy atom. The Morgan fingerprint density at radius 3 is 2.50 bits per heavy atom. The molecule has 168 valence electrons. The van der Waals surface area contributed by atoms with Gasteiger partial charge in [0.1, 0.15) is 0 Å². The molecule has 9 heteroatoms. The maximum Gasteiger partial charge on any atom is 0.304 e. The van der Waals surface area contributed by atoms with Crippen LogP contribution in [0.3, 0.4) is 0 Å². The van der Waals surface area contributed by atoms with E-state index in [1.54, 1.807) is 0 Å². The van der Waals surface area contributed by atoms with Crippen molar-refractivity contribution in [1.29, 1.82) is 0 Å². The van der Waals surface area contributed by atoms with Crippen molar-refractivity contribution >= 4 is 29.3 Å². The topological polar surface area (TPSA) is 115 Å². The highest BCUT2D eigenvalue weighted by Gasteiger charge is 2.44. The Morgan fingerprint density at radius 2 is 1.88 bits per heavy atom. The van der Waals surface area contributed by atoms with Crippen molar-refractivity contribution in [3.63, 3.8) is 0 Å². The first-order valence-electron chi connectivity index (χ1n) is 10.7. The quantitative estimate of drug-likeness (QED) is 0.418. The minimum atomic E-state index is -0.949. The van der Waals surface area contributed by atoms with E-state index in [9.17, 15) is 14.7 Å². The van der Waals surface area contributed by atoms with Crippen molar-refractivity contribution in [2.75, 3.05) is 0 Å². The highest BCUT2D eigenvalue weighted by molar-refractivity contribution is 6.30. The molecule has 4 rings (SSSR count). The van der Waals surface area contributed by atoms with Crippen molar-refractivity contribution in [2.45, 2.75) is 44.6 Å². The third-order valence-electron chi connectivity index (χ3n) is 6.14. The highest BCUT2D eigenvalue weighted by Crippen LogP contribution is 2.41. The smallest absolute Gasteiger partial charge is 0.304 e. The van der Waals surface area contributed by atoms with Crippen LogP contribution in [0.15, 0.2) is 53.6 Å². The van der Waals surface area contributed by atoms with E-state index in [1.807, 2.05) is 48.5 Å². The number of carboxylic acids is 1. The second-order valence-corrected chi connectivity index (χ2v) is 8.79. The highest BCUT2D eigenvalue weighted by atomic mass is 35.5. The van der Waals surface area contributed by atoms with E-state index in [1.165, 1.54) is 0 Å². The number of nitrogens with zero attached hydrogens (tertiary/aromatic N) is 1. The third-order valence-corrected chi connectivity index (χ3v) is 6.38. The van der Waals surface area contributed by atoms with Crippen LogP contribution in [0.25, 0.3) is 11.1 Å². The predicted molar refractivity (Wildman–Crippen MR) is 123 cm³/mol. The van der Waals surface area contributed by atoms with Gasteiger partial charge in [0.05, 0.1) is 17.9 Å². The van der Waals surface area contributed by atoms with Crippen molar-refractivity contribution < 1.29 is 14.7 Å². The summed E-state index contributed by atoms with van der Waals surface area (Å²) in [4.78, 5) is 24.6. The molecule has 1 aliphatic carbocycles. The summed E-state index contributed by atoms with van der Waals surface area (Å²) in [5, 5.41) is 17.3. The number of hydrazone groups is 1. The number of carbonyl (C=O) groups excluding carboxylic acids is 1. The number of amidine groups is 1. The average Bonchev–Trinajstić information content (AvgIpc) is 3.46. The van der Waals surface area contributed by atoms with Crippen molar-refractivity contribution in [1.82, 2.24) is 21.8 Å². The average molecular weight is 456 g/mol. The molecule has 0 radical (unpaired) electrons. The van der Waals surface area contributed by atoms with Crippen molar-refractivity contribution in [3.05, 3.63) is 59.1 Å². The van der Waals surface area contributed by atoms with Gasteiger partial charge in [-0.1, -0.05) is 60.8 Å². The lowest BCUT2D eigenvalue weighted by Crippen LogP contribution is -2.53. The number of hydrogen-bond acceptors (Lipinski definition) is 6. The fourth-order valence-electron chi connectivity index (χ4n) is 4.46. The summed E-state index contributed by atoms with van der Waals surface area (Å²) in [7, 11) is 0. The van der Waals surface area contributed by atoms with E-state index < -0.39 is 17.4 Å². The van der Waals surface area contributed by atoms with Gasteiger partial charge in [0, 0.05) is 5.02 Å². The molecule has 0 unspecified atom stereocenters. The van der Waals surface area contributed by atoms with Crippen LogP contribution in [0.2, 0.25) is 5.02 Å². The molecule has 32 heavy (non-hydrogen) atoms. The molecule has 1 fully saturated rings. The second kappa shape index (κ2) is 9.58. The summed E-state index contributed by atoms with van der Waals surface area (Å²) in [5.41, 5.74) is 10.5. The lowest BCUT2D eigenvalue weighted by Gasteiger charge is -2.29. The van der Waals surface area contributed by atoms with Gasteiger partial charge in [-0.15, -0.1) is 10.6 Å². The van der Waals surface area contributed by atoms with Gasteiger partial charge in [-0.25, -0.2) is 5.53 Å². The van der Waals surface area contributed by atoms with Crippen LogP contribution >= 0.6 is 11.6 Å². The molecule has 1 aliphatic heterocycles. The van der Waals surface area contributed by atoms with Crippen LogP contribution in [0.1, 0.15) is 37.7 Å². The second-order valence-electron chi connectivity index (χ2n) is 8.35. The zero-order chi connectivity index (χ0) is 22.6. The lowest BCUT2D eigenvalue weighted by molar-refractivity contribution is -0.145. The third kappa shape index (κ3) is 5.03. The predicted octanol–water partition coefficient (Wildman–Crippen LogP) is 3.00. The number of halogens is 1. The van der Waals surface area contributed by atoms with E-state index in [4.69, 9.17) is 11.6 Å². The number of amides is 1. The Balaban J connectivity index is 1.51. The maximum atomic E-state index is 13.2. The number of aliphatic carboxylic acids is 1. The normalized spacial score (nSPS) is 17.7. The van der Waals surface area contributed by atoms with Crippen LogP contribution in [-0.2, 0) is 16.0 Å². The van der Waals surface area contributed by atoms with Crippen molar-refractivity contribution in [3.8, 4) is 11.1 Å². The monoisotopic (exact) mass is 455 g/mol. The number of carboxylic acid groups (broad SMARTS) is 1. The van der Waals surface area contributed by atoms with Crippen LogP contribution in [0.5, 0.6) is 0 Å². The van der Waals surface area contributed by atoms with Crippen LogP contribution < -0.4 is 21.8 Å². The van der Waals surface area contributed by atoms with E-state index in [2.05, 4.69) is 26.9 Å². The maximum absolute atomic E-state index is 13.2. The first-order chi connectivity index (χ1) is 15.4. The molecule has 0 bridgehead atoms. The number of benzene rings is 2. The van der Waals surface area contributed by atoms with Crippen LogP contribution in [0.4, 0.5) is 0 Å². The summed E-state index contributed by atoms with van der Waals surface area (Å²) in [6, 6.07) is 15.3. The molecule has 2 aromatic carbocycles. The first kappa shape index (κ1) is 22.1. The molecule has 0 spiro atoms. The summed E-state index contributed by atoms with van der Waals surface area (Å²) < 4.78 is 0. The molecule has 8 nitrogen and oxygen atoms in total. The molecule has 1 heterocycles. The standard InChI is InChI=1S/C23H26ClN5O3/c24-18-5-3-4-17(13-18)16-8-6-15(7-9-16)12-19(21-26-28-29-27-21)25-22(32)23(14-20(30)31)10-1-2-11-23/h3-9,13,19,28-29H,1-2,10-12,14H2,(H,25,32)(H,26,27)(H,30,31)/t19-/m0/s1. The SMILES string of the molecule is O=C(O)CC1(C(=O)N[C@@H](Cc2ccc(-c3cccc(Cl)c3)cc2)C2=NNNN2)CCCC1. The lowest BCUT2D eigenvalue weighted by atomic mass is 9.81. The molecule has 0 aromatic heterocycles. The fourth-order valence-corrected chi connectivity index (χ4v) is 4.65. The number of carbonyl (C=O) groups is 2. The molecule has 0 saturated heterocycles. The molecule has 1 atom stereocenters. The number of rotatable bonds is 8. The van der Waals surface area contributed by atoms with E-state index in [0.29, 0.717) is 30.1 Å². The molecular formula is C23H26ClN5O3. The van der Waals surface area contributed by atoms with Crippen molar-refractivity contribution in [2.24, 2.45) is 10.5 Å². The minimum Gasteiger partial charge on any atom is -0.481 e. The minimum absolute atomic E-state index is 0.156. The fraction of sp³-hybridized carbons (Fsp3) is 0.348. The van der Waals surface area contributed by atoms with Gasteiger partial charge in [0.25, 0.3) is 0 Å². The van der Waals surface area contributed by atoms with E-state index in [-0.39, 0.29) is 12.3 Å². The van der Waals surface area contributed by atoms with Gasteiger partial charge >= 0.3 is 5.97 Å². The number of hydrazine groups is 2. The van der Waals surface area contributed by atoms with Gasteiger partial charge in [-0.05, 0) is 48.1 Å². The van der Waals surface area contributed by atoms with Crippen LogP contribution in [0, 0.1) is 5.41 Å². The zero-order valence-electron chi connectivity index (χ0n) is 17.5. The van der Waals surface area contributed by atoms with Gasteiger partial charge < -0.3 is 10.4 Å². The molecular weight excluding hydrogens is 430 g/mol. The Labute approximate surface area is 191 Å². The first-order valence-corrected chi connectivity index (χ1v) is 11.0. The van der Waals surface area contributed by atoms with Gasteiger partial charge in [-0.2, -0.15) is 0 Å². The van der Waals surface area contributed by atoms with Gasteiger partial charge in [0.15, 0.2) is 5.84 Å². The summed E-state index contributed by atoms with van der Waals surface area (Å²) in [6.07, 6.45) is 3.23. The molecule has 1 amide bonds. The number of hydrogen-bond donors (Lipinski definition) is 5. The Kier molecular flexibility index (Phi) is 6.62. The summed E-state index contributed by atoms with van der Waals surface area (Å²) in [6.45, 7) is 0. The summed E-state index contributed by atoms with van der Waals surface area (Å²) in [5.74, 6) is -0.634. The van der Waals surface area contributed by atoms with E-state index >= 15 is 0 Å². The molecule has 2 aliphatic rings. The Hall–Kier alpha value is -3.10. The van der Waals surface area contributed by atoms with Crippen LogP contribution in [-0.4, -0.2) is 28.9 Å². The molecule has 1 saturated carbocycles. The number of nitrogens with one attached hydrogen (secondary N) is 4. The zero-order valence-corrected chi connectivity index (χ0v) is 18.3. The molecule has 2 aromatic rings. The van der Waals surface area contributed by atoms with E-state index in [0.717, 1.165) is 29.5 Å². The Bertz CT molecular complexity index is 1020. The summed E-state index contributed by atoms with van der Waals surface area (Å²) >= 11 is 6.10.